The summed E-state index contributed by atoms with van der Waals surface area (Å²) in [6.07, 6.45) is 3.41. The van der Waals surface area contributed by atoms with E-state index in [9.17, 15) is 0 Å². The minimum absolute atomic E-state index is 0.298. The average molecular weight is 345 g/mol. The van der Waals surface area contributed by atoms with Gasteiger partial charge in [-0.1, -0.05) is 23.4 Å². The van der Waals surface area contributed by atoms with Crippen LogP contribution >= 0.6 is 15.9 Å². The fourth-order valence-electron chi connectivity index (χ4n) is 2.09. The second-order valence-electron chi connectivity index (χ2n) is 4.41. The van der Waals surface area contributed by atoms with Crippen molar-refractivity contribution in [2.24, 2.45) is 5.84 Å². The molecule has 0 saturated carbocycles. The van der Waals surface area contributed by atoms with Gasteiger partial charge < -0.3 is 0 Å². The zero-order valence-corrected chi connectivity index (χ0v) is 12.6. The summed E-state index contributed by atoms with van der Waals surface area (Å²) in [6, 6.07) is 13.3. The van der Waals surface area contributed by atoms with Crippen LogP contribution in [0.4, 0.5) is 0 Å². The lowest BCUT2D eigenvalue weighted by atomic mass is 10.1. The highest BCUT2D eigenvalue weighted by Gasteiger charge is 2.19. The summed E-state index contributed by atoms with van der Waals surface area (Å²) in [5.74, 6) is 5.71. The van der Waals surface area contributed by atoms with Crippen molar-refractivity contribution in [2.45, 2.75) is 6.04 Å². The van der Waals surface area contributed by atoms with Gasteiger partial charge in [-0.05, 0) is 40.2 Å². The molecule has 3 N–H and O–H groups in total. The lowest BCUT2D eigenvalue weighted by Gasteiger charge is -2.16. The van der Waals surface area contributed by atoms with Gasteiger partial charge in [-0.25, -0.2) is 10.1 Å². The van der Waals surface area contributed by atoms with Gasteiger partial charge in [0, 0.05) is 10.7 Å². The molecular weight excluding hydrogens is 332 g/mol. The number of hydrazine groups is 1. The molecule has 2 heterocycles. The summed E-state index contributed by atoms with van der Waals surface area (Å²) < 4.78 is 2.66. The maximum Gasteiger partial charge on any atom is 0.107 e. The molecule has 0 bridgehead atoms. The van der Waals surface area contributed by atoms with E-state index in [0.717, 1.165) is 21.5 Å². The highest BCUT2D eigenvalue weighted by molar-refractivity contribution is 9.10. The quantitative estimate of drug-likeness (QED) is 0.558. The number of benzene rings is 1. The lowest BCUT2D eigenvalue weighted by molar-refractivity contribution is 0.582. The molecule has 0 aliphatic rings. The highest BCUT2D eigenvalue weighted by atomic mass is 79.9. The monoisotopic (exact) mass is 344 g/mol. The summed E-state index contributed by atoms with van der Waals surface area (Å²) in [7, 11) is 0. The molecule has 1 unspecified atom stereocenters. The van der Waals surface area contributed by atoms with Gasteiger partial charge in [-0.2, -0.15) is 0 Å². The first kappa shape index (κ1) is 13.9. The van der Waals surface area contributed by atoms with E-state index >= 15 is 0 Å². The Morgan fingerprint density at radius 2 is 1.90 bits per heavy atom. The molecule has 2 aromatic heterocycles. The number of pyridine rings is 1. The van der Waals surface area contributed by atoms with E-state index in [1.165, 1.54) is 0 Å². The number of nitrogens with zero attached hydrogens (tertiary/aromatic N) is 4. The first-order chi connectivity index (χ1) is 10.3. The molecule has 0 amide bonds. The topological polar surface area (TPSA) is 81.7 Å². The van der Waals surface area contributed by atoms with Crippen molar-refractivity contribution >= 4 is 15.9 Å². The number of nitrogens with one attached hydrogen (secondary N) is 1. The summed E-state index contributed by atoms with van der Waals surface area (Å²) >= 11 is 3.37. The Hall–Kier alpha value is -2.09. The van der Waals surface area contributed by atoms with Crippen LogP contribution in [0.5, 0.6) is 0 Å². The average Bonchev–Trinajstić information content (AvgIpc) is 3.00. The van der Waals surface area contributed by atoms with Crippen LogP contribution in [-0.4, -0.2) is 20.0 Å². The third-order valence-corrected chi connectivity index (χ3v) is 3.55. The van der Waals surface area contributed by atoms with Gasteiger partial charge in [0.25, 0.3) is 0 Å². The predicted octanol–water partition coefficient (Wildman–Crippen LogP) is 1.98. The Kier molecular flexibility index (Phi) is 4.05. The summed E-state index contributed by atoms with van der Waals surface area (Å²) in [5.41, 5.74) is 5.30. The van der Waals surface area contributed by atoms with Crippen LogP contribution in [0.25, 0.3) is 5.69 Å². The van der Waals surface area contributed by atoms with Gasteiger partial charge in [0.15, 0.2) is 0 Å². The summed E-state index contributed by atoms with van der Waals surface area (Å²) in [4.78, 5) is 4.38. The second-order valence-corrected chi connectivity index (χ2v) is 5.32. The zero-order chi connectivity index (χ0) is 14.7. The van der Waals surface area contributed by atoms with Crippen molar-refractivity contribution in [1.82, 2.24) is 25.4 Å². The number of rotatable bonds is 4. The normalized spacial score (nSPS) is 12.3. The van der Waals surface area contributed by atoms with Crippen molar-refractivity contribution in [2.75, 3.05) is 0 Å². The molecule has 0 aliphatic carbocycles. The Morgan fingerprint density at radius 1 is 1.10 bits per heavy atom. The van der Waals surface area contributed by atoms with Crippen molar-refractivity contribution in [1.29, 1.82) is 0 Å². The minimum atomic E-state index is -0.298. The molecule has 3 rings (SSSR count). The number of nitrogens with two attached hydrogens (primary N) is 1. The Morgan fingerprint density at radius 3 is 2.57 bits per heavy atom. The summed E-state index contributed by atoms with van der Waals surface area (Å²) in [5, 5.41) is 8.12. The lowest BCUT2D eigenvalue weighted by Crippen LogP contribution is -2.31. The third kappa shape index (κ3) is 2.85. The van der Waals surface area contributed by atoms with E-state index < -0.39 is 0 Å². The fraction of sp³-hybridized carbons (Fsp3) is 0.0714. The molecule has 21 heavy (non-hydrogen) atoms. The predicted molar refractivity (Wildman–Crippen MR) is 82.5 cm³/mol. The molecule has 0 radical (unpaired) electrons. The number of aromatic nitrogens is 4. The number of para-hydroxylation sites is 1. The van der Waals surface area contributed by atoms with E-state index in [1.807, 2.05) is 42.5 Å². The number of hydrogen-bond donors (Lipinski definition) is 2. The molecule has 1 aromatic carbocycles. The van der Waals surface area contributed by atoms with E-state index in [-0.39, 0.29) is 6.04 Å². The van der Waals surface area contributed by atoms with E-state index in [1.54, 1.807) is 17.1 Å². The highest BCUT2D eigenvalue weighted by Crippen LogP contribution is 2.22. The van der Waals surface area contributed by atoms with Crippen LogP contribution in [-0.2, 0) is 0 Å². The fourth-order valence-corrected chi connectivity index (χ4v) is 2.32. The SMILES string of the molecule is NNC(c1ccc(Br)cn1)c1cnnn1-c1ccccc1. The maximum absolute atomic E-state index is 5.71. The molecule has 0 aliphatic heterocycles. The van der Waals surface area contributed by atoms with Gasteiger partial charge >= 0.3 is 0 Å². The van der Waals surface area contributed by atoms with E-state index in [2.05, 4.69) is 36.7 Å². The Bertz CT molecular complexity index is 710. The Balaban J connectivity index is 2.03. The van der Waals surface area contributed by atoms with Gasteiger partial charge in [0.05, 0.1) is 23.3 Å². The van der Waals surface area contributed by atoms with Gasteiger partial charge in [-0.15, -0.1) is 5.10 Å². The van der Waals surface area contributed by atoms with Crippen LogP contribution in [0.3, 0.4) is 0 Å². The van der Waals surface area contributed by atoms with Crippen molar-refractivity contribution in [3.8, 4) is 5.69 Å². The van der Waals surface area contributed by atoms with Crippen molar-refractivity contribution in [3.05, 3.63) is 70.7 Å². The third-order valence-electron chi connectivity index (χ3n) is 3.08. The molecule has 106 valence electrons. The smallest absolute Gasteiger partial charge is 0.107 e. The molecule has 3 aromatic rings. The first-order valence-electron chi connectivity index (χ1n) is 6.33. The van der Waals surface area contributed by atoms with E-state index in [4.69, 9.17) is 5.84 Å². The molecular formula is C14H13BrN6. The second kappa shape index (κ2) is 6.13. The van der Waals surface area contributed by atoms with Gasteiger partial charge in [0.2, 0.25) is 0 Å². The van der Waals surface area contributed by atoms with Gasteiger partial charge in [0.1, 0.15) is 6.04 Å². The summed E-state index contributed by atoms with van der Waals surface area (Å²) in [6.45, 7) is 0. The zero-order valence-electron chi connectivity index (χ0n) is 11.0. The van der Waals surface area contributed by atoms with Crippen LogP contribution < -0.4 is 11.3 Å². The number of halogens is 1. The van der Waals surface area contributed by atoms with E-state index in [0.29, 0.717) is 0 Å². The molecule has 7 heteroatoms. The maximum atomic E-state index is 5.71. The largest absolute Gasteiger partial charge is 0.270 e. The molecule has 0 fully saturated rings. The van der Waals surface area contributed by atoms with Crippen LogP contribution in [0, 0.1) is 0 Å². The molecule has 0 spiro atoms. The van der Waals surface area contributed by atoms with Crippen LogP contribution in [0.15, 0.2) is 59.3 Å². The molecule has 1 atom stereocenters. The van der Waals surface area contributed by atoms with Crippen LogP contribution in [0.2, 0.25) is 0 Å². The van der Waals surface area contributed by atoms with Crippen molar-refractivity contribution < 1.29 is 0 Å². The standard InChI is InChI=1S/C14H13BrN6/c15-10-6-7-12(17-8-10)14(19-16)13-9-18-20-21(13)11-4-2-1-3-5-11/h1-9,14,19H,16H2. The molecule has 0 saturated heterocycles. The first-order valence-corrected chi connectivity index (χ1v) is 7.12. The minimum Gasteiger partial charge on any atom is -0.270 e. The Labute approximate surface area is 130 Å². The van der Waals surface area contributed by atoms with Crippen LogP contribution in [0.1, 0.15) is 17.4 Å². The number of hydrogen-bond acceptors (Lipinski definition) is 5. The van der Waals surface area contributed by atoms with Gasteiger partial charge in [-0.3, -0.25) is 10.8 Å². The molecule has 6 nitrogen and oxygen atoms in total. The van der Waals surface area contributed by atoms with Crippen molar-refractivity contribution in [3.63, 3.8) is 0 Å².